The summed E-state index contributed by atoms with van der Waals surface area (Å²) in [4.78, 5) is 17.8. The van der Waals surface area contributed by atoms with Gasteiger partial charge in [-0.2, -0.15) is 0 Å². The molecule has 0 bridgehead atoms. The summed E-state index contributed by atoms with van der Waals surface area (Å²) in [6.07, 6.45) is 1.81. The van der Waals surface area contributed by atoms with Crippen molar-refractivity contribution in [2.24, 2.45) is 10.7 Å². The minimum Gasteiger partial charge on any atom is -0.493 e. The number of hydrogen-bond acceptors (Lipinski definition) is 5. The van der Waals surface area contributed by atoms with Crippen molar-refractivity contribution in [3.63, 3.8) is 0 Å². The molecule has 2 rings (SSSR count). The predicted octanol–water partition coefficient (Wildman–Crippen LogP) is 0.967. The van der Waals surface area contributed by atoms with Crippen LogP contribution < -0.4 is 25.8 Å². The molecule has 0 spiro atoms. The lowest BCUT2D eigenvalue weighted by Gasteiger charge is -2.32. The number of nitrogens with one attached hydrogen (secondary N) is 2. The quantitative estimate of drug-likeness (QED) is 0.428. The molecular formula is C20H33N5O3. The number of carbonyl (C=O) groups is 1. The third-order valence-corrected chi connectivity index (χ3v) is 4.56. The molecule has 1 aliphatic heterocycles. The van der Waals surface area contributed by atoms with Gasteiger partial charge in [-0.25, -0.2) is 4.99 Å². The number of benzene rings is 1. The van der Waals surface area contributed by atoms with Crippen LogP contribution in [0.4, 0.5) is 0 Å². The zero-order chi connectivity index (χ0) is 20.4. The number of nitrogens with zero attached hydrogens (tertiary/aromatic N) is 2. The molecule has 4 N–H and O–H groups in total. The van der Waals surface area contributed by atoms with Crippen LogP contribution in [-0.4, -0.2) is 68.7 Å². The summed E-state index contributed by atoms with van der Waals surface area (Å²) in [5, 5.41) is 6.77. The van der Waals surface area contributed by atoms with Crippen LogP contribution >= 0.6 is 0 Å². The maximum atomic E-state index is 11.0. The smallest absolute Gasteiger partial charge is 0.231 e. The fraction of sp³-hybridized carbons (Fsp3) is 0.600. The first-order valence-electron chi connectivity index (χ1n) is 9.87. The molecule has 1 amide bonds. The number of likely N-dealkylation sites (tertiary alicyclic amines) is 1. The van der Waals surface area contributed by atoms with Crippen molar-refractivity contribution in [3.05, 3.63) is 24.3 Å². The largest absolute Gasteiger partial charge is 0.493 e. The molecule has 1 aromatic rings. The molecule has 1 fully saturated rings. The van der Waals surface area contributed by atoms with E-state index in [0.29, 0.717) is 30.6 Å². The van der Waals surface area contributed by atoms with Crippen LogP contribution in [-0.2, 0) is 4.79 Å². The Bertz CT molecular complexity index is 644. The van der Waals surface area contributed by atoms with Gasteiger partial charge in [-0.05, 0) is 38.8 Å². The monoisotopic (exact) mass is 391 g/mol. The van der Waals surface area contributed by atoms with Crippen LogP contribution in [0.25, 0.3) is 0 Å². The van der Waals surface area contributed by atoms with Crippen molar-refractivity contribution in [2.45, 2.75) is 38.8 Å². The van der Waals surface area contributed by atoms with Gasteiger partial charge in [-0.3, -0.25) is 9.69 Å². The van der Waals surface area contributed by atoms with E-state index < -0.39 is 0 Å². The molecule has 156 valence electrons. The number of amides is 1. The zero-order valence-corrected chi connectivity index (χ0v) is 17.1. The second-order valence-corrected chi connectivity index (χ2v) is 6.96. The molecule has 1 heterocycles. The maximum Gasteiger partial charge on any atom is 0.231 e. The molecule has 8 nitrogen and oxygen atoms in total. The minimum absolute atomic E-state index is 0.0934. The summed E-state index contributed by atoms with van der Waals surface area (Å²) in [6, 6.07) is 7.93. The molecule has 1 saturated heterocycles. The van der Waals surface area contributed by atoms with Crippen molar-refractivity contribution in [2.75, 3.05) is 39.8 Å². The Morgan fingerprint density at radius 3 is 2.61 bits per heavy atom. The summed E-state index contributed by atoms with van der Waals surface area (Å²) in [5.41, 5.74) is 5.27. The average Bonchev–Trinajstić information content (AvgIpc) is 2.68. The van der Waals surface area contributed by atoms with Gasteiger partial charge in [0.2, 0.25) is 5.91 Å². The summed E-state index contributed by atoms with van der Waals surface area (Å²) >= 11 is 0. The van der Waals surface area contributed by atoms with E-state index in [9.17, 15) is 4.79 Å². The topological polar surface area (TPSA) is 101 Å². The van der Waals surface area contributed by atoms with Crippen LogP contribution in [0.1, 0.15) is 26.7 Å². The van der Waals surface area contributed by atoms with E-state index in [0.717, 1.165) is 38.4 Å². The molecule has 0 radical (unpaired) electrons. The normalized spacial score (nSPS) is 17.0. The number of carbonyl (C=O) groups excluding carboxylic acids is 1. The van der Waals surface area contributed by atoms with Crippen LogP contribution in [0.3, 0.4) is 0 Å². The Balaban J connectivity index is 1.85. The molecule has 0 aliphatic carbocycles. The SMILES string of the molecule is CCNC(=NCC(C)Oc1ccccc1OC)NC1CCN(CC(N)=O)CC1. The first kappa shape index (κ1) is 21.8. The number of ether oxygens (including phenoxy) is 2. The van der Waals surface area contributed by atoms with Crippen molar-refractivity contribution >= 4 is 11.9 Å². The zero-order valence-electron chi connectivity index (χ0n) is 17.1. The molecule has 1 atom stereocenters. The highest BCUT2D eigenvalue weighted by Gasteiger charge is 2.21. The fourth-order valence-corrected chi connectivity index (χ4v) is 3.16. The van der Waals surface area contributed by atoms with E-state index in [-0.39, 0.29) is 12.0 Å². The summed E-state index contributed by atoms with van der Waals surface area (Å²) in [7, 11) is 1.63. The van der Waals surface area contributed by atoms with Gasteiger partial charge >= 0.3 is 0 Å². The van der Waals surface area contributed by atoms with E-state index in [1.807, 2.05) is 38.1 Å². The van der Waals surface area contributed by atoms with Gasteiger partial charge in [0.05, 0.1) is 20.2 Å². The van der Waals surface area contributed by atoms with Crippen molar-refractivity contribution in [1.29, 1.82) is 0 Å². The maximum absolute atomic E-state index is 11.0. The van der Waals surface area contributed by atoms with E-state index in [4.69, 9.17) is 15.2 Å². The molecular weight excluding hydrogens is 358 g/mol. The standard InChI is InChI=1S/C20H33N5O3/c1-4-22-20(24-16-9-11-25(12-10-16)14-19(21)26)23-13-15(2)28-18-8-6-5-7-17(18)27-3/h5-8,15-16H,4,9-14H2,1-3H3,(H2,21,26)(H2,22,23,24). The van der Waals surface area contributed by atoms with Crippen LogP contribution in [0.15, 0.2) is 29.3 Å². The van der Waals surface area contributed by atoms with E-state index >= 15 is 0 Å². The minimum atomic E-state index is -0.273. The third kappa shape index (κ3) is 7.26. The lowest BCUT2D eigenvalue weighted by atomic mass is 10.1. The second kappa shape index (κ2) is 11.4. The molecule has 0 saturated carbocycles. The van der Waals surface area contributed by atoms with E-state index in [2.05, 4.69) is 20.5 Å². The van der Waals surface area contributed by atoms with E-state index in [1.165, 1.54) is 0 Å². The third-order valence-electron chi connectivity index (χ3n) is 4.56. The lowest BCUT2D eigenvalue weighted by molar-refractivity contribution is -0.119. The first-order chi connectivity index (χ1) is 13.5. The van der Waals surface area contributed by atoms with Gasteiger partial charge in [0.15, 0.2) is 17.5 Å². The Hall–Kier alpha value is -2.48. The van der Waals surface area contributed by atoms with Crippen molar-refractivity contribution in [1.82, 2.24) is 15.5 Å². The molecule has 0 aromatic heterocycles. The molecule has 8 heteroatoms. The molecule has 1 aromatic carbocycles. The van der Waals surface area contributed by atoms with Crippen LogP contribution in [0, 0.1) is 0 Å². The highest BCUT2D eigenvalue weighted by molar-refractivity contribution is 5.80. The Morgan fingerprint density at radius 2 is 2.00 bits per heavy atom. The number of nitrogens with two attached hydrogens (primary N) is 1. The summed E-state index contributed by atoms with van der Waals surface area (Å²) in [6.45, 7) is 7.38. The number of rotatable bonds is 9. The number of aliphatic imine (C=N–C) groups is 1. The van der Waals surface area contributed by atoms with Crippen LogP contribution in [0.2, 0.25) is 0 Å². The highest BCUT2D eigenvalue weighted by atomic mass is 16.5. The molecule has 1 unspecified atom stereocenters. The number of methoxy groups -OCH3 is 1. The first-order valence-corrected chi connectivity index (χ1v) is 9.87. The molecule has 1 aliphatic rings. The summed E-state index contributed by atoms with van der Waals surface area (Å²) in [5.74, 6) is 1.94. The molecule has 28 heavy (non-hydrogen) atoms. The Kier molecular flexibility index (Phi) is 8.87. The van der Waals surface area contributed by atoms with Crippen molar-refractivity contribution < 1.29 is 14.3 Å². The van der Waals surface area contributed by atoms with Gasteiger partial charge in [0, 0.05) is 25.7 Å². The van der Waals surface area contributed by atoms with Crippen molar-refractivity contribution in [3.8, 4) is 11.5 Å². The van der Waals surface area contributed by atoms with Gasteiger partial charge in [0.1, 0.15) is 6.10 Å². The number of para-hydroxylation sites is 2. The summed E-state index contributed by atoms with van der Waals surface area (Å²) < 4.78 is 11.3. The lowest BCUT2D eigenvalue weighted by Crippen LogP contribution is -2.50. The van der Waals surface area contributed by atoms with Gasteiger partial charge in [-0.1, -0.05) is 12.1 Å². The van der Waals surface area contributed by atoms with Gasteiger partial charge in [-0.15, -0.1) is 0 Å². The average molecular weight is 392 g/mol. The number of primary amides is 1. The Labute approximate surface area is 167 Å². The Morgan fingerprint density at radius 1 is 1.32 bits per heavy atom. The van der Waals surface area contributed by atoms with Gasteiger partial charge < -0.3 is 25.8 Å². The predicted molar refractivity (Wildman–Crippen MR) is 111 cm³/mol. The van der Waals surface area contributed by atoms with Gasteiger partial charge in [0.25, 0.3) is 0 Å². The number of guanidine groups is 1. The number of hydrogen-bond donors (Lipinski definition) is 3. The highest BCUT2D eigenvalue weighted by Crippen LogP contribution is 2.26. The van der Waals surface area contributed by atoms with Crippen LogP contribution in [0.5, 0.6) is 11.5 Å². The fourth-order valence-electron chi connectivity index (χ4n) is 3.16. The number of piperidine rings is 1. The second-order valence-electron chi connectivity index (χ2n) is 6.96. The van der Waals surface area contributed by atoms with E-state index in [1.54, 1.807) is 7.11 Å².